The van der Waals surface area contributed by atoms with Gasteiger partial charge in [-0.25, -0.2) is 24.5 Å². The number of rotatable bonds is 14. The molecule has 0 unspecified atom stereocenters. The van der Waals surface area contributed by atoms with Crippen molar-refractivity contribution in [2.24, 2.45) is 5.92 Å². The lowest BCUT2D eigenvalue weighted by Gasteiger charge is -2.27. The zero-order chi connectivity index (χ0) is 38.9. The van der Waals surface area contributed by atoms with Crippen LogP contribution in [-0.4, -0.2) is 134 Å². The third kappa shape index (κ3) is 9.29. The number of amides is 4. The second-order valence-corrected chi connectivity index (χ2v) is 13.6. The second kappa shape index (κ2) is 18.0. The Hall–Kier alpha value is -5.81. The van der Waals surface area contributed by atoms with E-state index in [9.17, 15) is 19.2 Å². The first kappa shape index (κ1) is 38.9. The van der Waals surface area contributed by atoms with Gasteiger partial charge in [-0.2, -0.15) is 0 Å². The number of aromatic amines is 1. The zero-order valence-corrected chi connectivity index (χ0v) is 31.4. The normalized spacial score (nSPS) is 17.8. The monoisotopic (exact) mass is 757 g/mol. The quantitative estimate of drug-likeness (QED) is 0.146. The standard InChI is InChI=1S/C38H47N9O8/c1-52-21-30(44-37(50)54-3)34(48)46-13-11-23(20-46)16-40-36-41-17-28(18-42-36)26-8-7-25-15-27(10-9-24(25)14-26)29-19-39-33(43-29)32-6-5-12-47(32)35(49)31(22-53-2)45-38(51)55-4/h7-10,14-15,17-19,23,30-32H,5-6,11-13,16,20-22H2,1-4H3,(H,39,43)(H,44,50)(H,45,51)(H,40,41,42)/t23-,30-,31+,32+/m1/s1. The van der Waals surface area contributed by atoms with Crippen LogP contribution in [0.15, 0.2) is 55.0 Å². The molecule has 2 saturated heterocycles. The molecule has 292 valence electrons. The minimum absolute atomic E-state index is 0.0259. The van der Waals surface area contributed by atoms with E-state index < -0.39 is 24.3 Å². The van der Waals surface area contributed by atoms with E-state index in [1.54, 1.807) is 28.4 Å². The Morgan fingerprint density at radius 2 is 1.42 bits per heavy atom. The van der Waals surface area contributed by atoms with Crippen LogP contribution in [0.4, 0.5) is 15.5 Å². The van der Waals surface area contributed by atoms with E-state index in [1.165, 1.54) is 28.4 Å². The first-order chi connectivity index (χ1) is 26.7. The molecule has 0 radical (unpaired) electrons. The Morgan fingerprint density at radius 3 is 2.07 bits per heavy atom. The molecule has 4 heterocycles. The maximum absolute atomic E-state index is 13.4. The van der Waals surface area contributed by atoms with Gasteiger partial charge in [0.2, 0.25) is 17.8 Å². The summed E-state index contributed by atoms with van der Waals surface area (Å²) in [4.78, 5) is 70.5. The van der Waals surface area contributed by atoms with E-state index in [0.717, 1.165) is 52.4 Å². The highest BCUT2D eigenvalue weighted by atomic mass is 16.5. The number of H-pyrrole nitrogens is 1. The van der Waals surface area contributed by atoms with E-state index in [2.05, 4.69) is 64.9 Å². The molecule has 55 heavy (non-hydrogen) atoms. The summed E-state index contributed by atoms with van der Waals surface area (Å²) >= 11 is 0. The van der Waals surface area contributed by atoms with Gasteiger partial charge in [0, 0.05) is 63.9 Å². The summed E-state index contributed by atoms with van der Waals surface area (Å²) in [6.07, 6.45) is 6.35. The Kier molecular flexibility index (Phi) is 12.7. The number of carbonyl (C=O) groups is 4. The fourth-order valence-corrected chi connectivity index (χ4v) is 7.07. The van der Waals surface area contributed by atoms with Gasteiger partial charge in [0.1, 0.15) is 17.9 Å². The number of fused-ring (bicyclic) bond motifs is 1. The number of likely N-dealkylation sites (tertiary alicyclic amines) is 2. The van der Waals surface area contributed by atoms with Crippen LogP contribution in [0.25, 0.3) is 33.2 Å². The number of carbonyl (C=O) groups excluding carboxylic acids is 4. The van der Waals surface area contributed by atoms with Crippen LogP contribution < -0.4 is 16.0 Å². The van der Waals surface area contributed by atoms with Gasteiger partial charge in [0.05, 0.1) is 45.4 Å². The molecule has 4 atom stereocenters. The molecule has 0 spiro atoms. The Balaban J connectivity index is 1.05. The molecule has 6 rings (SSSR count). The number of ether oxygens (including phenoxy) is 4. The number of imidazole rings is 1. The van der Waals surface area contributed by atoms with Gasteiger partial charge in [-0.15, -0.1) is 0 Å². The molecular formula is C38H47N9O8. The first-order valence-electron chi connectivity index (χ1n) is 18.1. The Morgan fingerprint density at radius 1 is 0.782 bits per heavy atom. The summed E-state index contributed by atoms with van der Waals surface area (Å²) in [5.74, 6) is 0.930. The molecule has 2 fully saturated rings. The maximum Gasteiger partial charge on any atom is 0.407 e. The number of hydrogen-bond acceptors (Lipinski definition) is 12. The van der Waals surface area contributed by atoms with Crippen molar-refractivity contribution >= 4 is 40.7 Å². The number of aromatic nitrogens is 4. The summed E-state index contributed by atoms with van der Waals surface area (Å²) in [5, 5.41) is 10.5. The van der Waals surface area contributed by atoms with E-state index in [1.807, 2.05) is 12.1 Å². The third-order valence-corrected chi connectivity index (χ3v) is 9.95. The second-order valence-electron chi connectivity index (χ2n) is 13.6. The van der Waals surface area contributed by atoms with Crippen LogP contribution in [0.2, 0.25) is 0 Å². The van der Waals surface area contributed by atoms with Crippen molar-refractivity contribution in [3.05, 3.63) is 60.8 Å². The molecule has 4 amide bonds. The van der Waals surface area contributed by atoms with Crippen molar-refractivity contribution in [2.45, 2.75) is 37.4 Å². The topological polar surface area (TPSA) is 202 Å². The molecule has 0 aliphatic carbocycles. The highest BCUT2D eigenvalue weighted by Gasteiger charge is 2.36. The van der Waals surface area contributed by atoms with Crippen molar-refractivity contribution in [3.8, 4) is 22.4 Å². The van der Waals surface area contributed by atoms with E-state index in [4.69, 9.17) is 14.2 Å². The summed E-state index contributed by atoms with van der Waals surface area (Å²) in [6.45, 7) is 2.35. The number of nitrogens with zero attached hydrogens (tertiary/aromatic N) is 5. The van der Waals surface area contributed by atoms with E-state index in [0.29, 0.717) is 38.0 Å². The Bertz CT molecular complexity index is 1970. The third-order valence-electron chi connectivity index (χ3n) is 9.95. The summed E-state index contributed by atoms with van der Waals surface area (Å²) < 4.78 is 19.6. The molecule has 4 aromatic rings. The highest BCUT2D eigenvalue weighted by molar-refractivity contribution is 5.90. The van der Waals surface area contributed by atoms with Gasteiger partial charge in [-0.1, -0.05) is 24.3 Å². The summed E-state index contributed by atoms with van der Waals surface area (Å²) in [7, 11) is 5.46. The molecule has 17 heteroatoms. The smallest absolute Gasteiger partial charge is 0.407 e. The van der Waals surface area contributed by atoms with Crippen molar-refractivity contribution in [2.75, 3.05) is 73.1 Å². The van der Waals surface area contributed by atoms with Gasteiger partial charge in [-0.05, 0) is 53.6 Å². The molecular weight excluding hydrogens is 710 g/mol. The molecule has 4 N–H and O–H groups in total. The first-order valence-corrected chi connectivity index (χ1v) is 18.1. The van der Waals surface area contributed by atoms with Crippen LogP contribution in [0.3, 0.4) is 0 Å². The number of anilines is 1. The van der Waals surface area contributed by atoms with Crippen LogP contribution in [0, 0.1) is 5.92 Å². The average molecular weight is 758 g/mol. The van der Waals surface area contributed by atoms with Crippen LogP contribution >= 0.6 is 0 Å². The maximum atomic E-state index is 13.4. The largest absolute Gasteiger partial charge is 0.453 e. The fourth-order valence-electron chi connectivity index (χ4n) is 7.07. The van der Waals surface area contributed by atoms with Crippen LogP contribution in [0.5, 0.6) is 0 Å². The molecule has 0 bridgehead atoms. The SMILES string of the molecule is COC[C@H](NC(=O)OC)C(=O)N1CCC[C@H]1c1ncc(-c2ccc3cc(-c4cnc(NC[C@H]5CCN(C(=O)[C@@H](COC)NC(=O)OC)C5)nc4)ccc3c2)[nH]1. The lowest BCUT2D eigenvalue weighted by atomic mass is 10.0. The van der Waals surface area contributed by atoms with Crippen molar-refractivity contribution in [1.29, 1.82) is 0 Å². The van der Waals surface area contributed by atoms with Gasteiger partial charge in [0.15, 0.2) is 0 Å². The molecule has 2 aliphatic rings. The summed E-state index contributed by atoms with van der Waals surface area (Å²) in [5.41, 5.74) is 3.65. The van der Waals surface area contributed by atoms with Crippen molar-refractivity contribution in [3.63, 3.8) is 0 Å². The number of methoxy groups -OCH3 is 4. The van der Waals surface area contributed by atoms with Gasteiger partial charge < -0.3 is 49.7 Å². The molecule has 2 aromatic carbocycles. The number of nitrogens with one attached hydrogen (secondary N) is 4. The number of alkyl carbamates (subject to hydrolysis) is 2. The zero-order valence-electron chi connectivity index (χ0n) is 31.4. The van der Waals surface area contributed by atoms with Gasteiger partial charge in [0.25, 0.3) is 0 Å². The highest BCUT2D eigenvalue weighted by Crippen LogP contribution is 2.33. The van der Waals surface area contributed by atoms with Crippen LogP contribution in [0.1, 0.15) is 31.1 Å². The van der Waals surface area contributed by atoms with Gasteiger partial charge in [-0.3, -0.25) is 9.59 Å². The predicted molar refractivity (Wildman–Crippen MR) is 202 cm³/mol. The van der Waals surface area contributed by atoms with Crippen LogP contribution in [-0.2, 0) is 28.5 Å². The predicted octanol–water partition coefficient (Wildman–Crippen LogP) is 3.35. The minimum atomic E-state index is -0.867. The Labute approximate surface area is 318 Å². The lowest BCUT2D eigenvalue weighted by molar-refractivity contribution is -0.136. The molecule has 0 saturated carbocycles. The fraction of sp³-hybridized carbons (Fsp3) is 0.447. The number of benzene rings is 2. The van der Waals surface area contributed by atoms with Crippen molar-refractivity contribution < 1.29 is 38.1 Å². The molecule has 2 aliphatic heterocycles. The molecule has 2 aromatic heterocycles. The van der Waals surface area contributed by atoms with E-state index in [-0.39, 0.29) is 37.0 Å². The number of hydrogen-bond donors (Lipinski definition) is 4. The average Bonchev–Trinajstić information content (AvgIpc) is 4.01. The van der Waals surface area contributed by atoms with Crippen molar-refractivity contribution in [1.82, 2.24) is 40.4 Å². The van der Waals surface area contributed by atoms with Gasteiger partial charge >= 0.3 is 12.2 Å². The minimum Gasteiger partial charge on any atom is -0.453 e. The molecule has 17 nitrogen and oxygen atoms in total. The van der Waals surface area contributed by atoms with E-state index >= 15 is 0 Å². The summed E-state index contributed by atoms with van der Waals surface area (Å²) in [6, 6.07) is 10.4. The lowest BCUT2D eigenvalue weighted by Crippen LogP contribution is -2.50.